The maximum atomic E-state index is 12.8. The SMILES string of the molecule is NS(=O)(=O)Cc1ccc(CNC(=O)c2cccc(S(=O)(=O)N3CCNC(=O)C3)c2)cc1. The molecule has 1 fully saturated rings. The Hall–Kier alpha value is -2.80. The Bertz CT molecular complexity index is 1190. The van der Waals surface area contributed by atoms with Crippen molar-refractivity contribution in [2.24, 2.45) is 5.14 Å². The fourth-order valence-electron chi connectivity index (χ4n) is 3.04. The Morgan fingerprint density at radius 1 is 1.06 bits per heavy atom. The van der Waals surface area contributed by atoms with Crippen LogP contribution in [0.5, 0.6) is 0 Å². The number of hydrogen-bond donors (Lipinski definition) is 3. The van der Waals surface area contributed by atoms with Gasteiger partial charge in [0, 0.05) is 25.2 Å². The number of nitrogens with zero attached hydrogens (tertiary/aromatic N) is 1. The van der Waals surface area contributed by atoms with Crippen LogP contribution in [0.1, 0.15) is 21.5 Å². The lowest BCUT2D eigenvalue weighted by molar-refractivity contribution is -0.122. The summed E-state index contributed by atoms with van der Waals surface area (Å²) in [4.78, 5) is 24.0. The molecule has 0 radical (unpaired) electrons. The maximum absolute atomic E-state index is 12.8. The zero-order chi connectivity index (χ0) is 22.6. The summed E-state index contributed by atoms with van der Waals surface area (Å²) in [6.07, 6.45) is 0. The van der Waals surface area contributed by atoms with E-state index in [9.17, 15) is 26.4 Å². The highest BCUT2D eigenvalue weighted by atomic mass is 32.2. The molecule has 1 saturated heterocycles. The van der Waals surface area contributed by atoms with Crippen molar-refractivity contribution in [1.82, 2.24) is 14.9 Å². The van der Waals surface area contributed by atoms with Crippen molar-refractivity contribution in [2.45, 2.75) is 17.2 Å². The first kappa shape index (κ1) is 22.9. The minimum atomic E-state index is -3.90. The summed E-state index contributed by atoms with van der Waals surface area (Å²) in [5.74, 6) is -1.12. The van der Waals surface area contributed by atoms with Crippen molar-refractivity contribution in [3.8, 4) is 0 Å². The van der Waals surface area contributed by atoms with Crippen LogP contribution in [-0.4, -0.2) is 52.6 Å². The third-order valence-corrected chi connectivity index (χ3v) is 7.16. The molecule has 3 rings (SSSR count). The van der Waals surface area contributed by atoms with Crippen LogP contribution in [0.2, 0.25) is 0 Å². The first-order valence-corrected chi connectivity index (χ1v) is 12.4. The molecule has 0 aromatic heterocycles. The van der Waals surface area contributed by atoms with Crippen molar-refractivity contribution >= 4 is 31.9 Å². The van der Waals surface area contributed by atoms with Gasteiger partial charge in [0.05, 0.1) is 17.2 Å². The minimum absolute atomic E-state index is 0.0674. The largest absolute Gasteiger partial charge is 0.354 e. The molecular formula is C19H22N4O6S2. The van der Waals surface area contributed by atoms with E-state index in [4.69, 9.17) is 5.14 Å². The third-order valence-electron chi connectivity index (χ3n) is 4.58. The van der Waals surface area contributed by atoms with E-state index < -0.39 is 26.0 Å². The number of carbonyl (C=O) groups is 2. The lowest BCUT2D eigenvalue weighted by atomic mass is 10.1. The monoisotopic (exact) mass is 466 g/mol. The van der Waals surface area contributed by atoms with Crippen molar-refractivity contribution < 1.29 is 26.4 Å². The van der Waals surface area contributed by atoms with Crippen molar-refractivity contribution in [2.75, 3.05) is 19.6 Å². The van der Waals surface area contributed by atoms with Crippen LogP contribution in [0.15, 0.2) is 53.4 Å². The summed E-state index contributed by atoms with van der Waals surface area (Å²) >= 11 is 0. The number of amides is 2. The number of nitrogens with one attached hydrogen (secondary N) is 2. The summed E-state index contributed by atoms with van der Waals surface area (Å²) < 4.78 is 48.9. The molecule has 4 N–H and O–H groups in total. The summed E-state index contributed by atoms with van der Waals surface area (Å²) in [7, 11) is -7.53. The summed E-state index contributed by atoms with van der Waals surface area (Å²) in [6, 6.07) is 12.2. The van der Waals surface area contributed by atoms with Gasteiger partial charge in [-0.2, -0.15) is 4.31 Å². The average Bonchev–Trinajstić information content (AvgIpc) is 2.72. The number of piperazine rings is 1. The highest BCUT2D eigenvalue weighted by Crippen LogP contribution is 2.18. The summed E-state index contributed by atoms with van der Waals surface area (Å²) in [6.45, 7) is 0.290. The highest BCUT2D eigenvalue weighted by molar-refractivity contribution is 7.89. The molecule has 166 valence electrons. The van der Waals surface area contributed by atoms with Crippen LogP contribution in [-0.2, 0) is 37.1 Å². The first-order valence-electron chi connectivity index (χ1n) is 9.28. The van der Waals surface area contributed by atoms with Crippen LogP contribution in [0.25, 0.3) is 0 Å². The van der Waals surface area contributed by atoms with E-state index in [0.29, 0.717) is 5.56 Å². The van der Waals surface area contributed by atoms with Gasteiger partial charge in [-0.25, -0.2) is 22.0 Å². The zero-order valence-electron chi connectivity index (χ0n) is 16.4. The van der Waals surface area contributed by atoms with Gasteiger partial charge in [0.1, 0.15) is 0 Å². The number of nitrogens with two attached hydrogens (primary N) is 1. The van der Waals surface area contributed by atoms with E-state index in [0.717, 1.165) is 9.87 Å². The minimum Gasteiger partial charge on any atom is -0.354 e. The third kappa shape index (κ3) is 6.10. The lowest BCUT2D eigenvalue weighted by Gasteiger charge is -2.26. The predicted octanol–water partition coefficient (Wildman–Crippen LogP) is -0.474. The van der Waals surface area contributed by atoms with Crippen LogP contribution < -0.4 is 15.8 Å². The average molecular weight is 467 g/mol. The maximum Gasteiger partial charge on any atom is 0.251 e. The quantitative estimate of drug-likeness (QED) is 0.501. The Balaban J connectivity index is 1.67. The van der Waals surface area contributed by atoms with Crippen LogP contribution in [0.3, 0.4) is 0 Å². The van der Waals surface area contributed by atoms with Crippen molar-refractivity contribution in [3.05, 3.63) is 65.2 Å². The molecule has 2 aromatic rings. The molecule has 12 heteroatoms. The van der Waals surface area contributed by atoms with Gasteiger partial charge in [-0.1, -0.05) is 30.3 Å². The standard InChI is InChI=1S/C19H22N4O6S2/c20-30(26,27)13-15-6-4-14(5-7-15)11-22-19(25)16-2-1-3-17(10-16)31(28,29)23-9-8-21-18(24)12-23/h1-7,10H,8-9,11-13H2,(H,21,24)(H,22,25)(H2,20,26,27). The topological polar surface area (TPSA) is 156 Å². The van der Waals surface area contributed by atoms with Gasteiger partial charge in [0.2, 0.25) is 26.0 Å². The molecule has 1 aliphatic rings. The van der Waals surface area contributed by atoms with Gasteiger partial charge in [-0.15, -0.1) is 0 Å². The van der Waals surface area contributed by atoms with Crippen LogP contribution in [0, 0.1) is 0 Å². The second kappa shape index (κ2) is 9.14. The molecule has 10 nitrogen and oxygen atoms in total. The van der Waals surface area contributed by atoms with Gasteiger partial charge in [0.25, 0.3) is 5.91 Å². The molecule has 31 heavy (non-hydrogen) atoms. The first-order chi connectivity index (χ1) is 14.5. The molecule has 0 aliphatic carbocycles. The number of benzene rings is 2. The normalized spacial score (nSPS) is 15.3. The fourth-order valence-corrected chi connectivity index (χ4v) is 5.14. The predicted molar refractivity (Wildman–Crippen MR) is 113 cm³/mol. The molecule has 2 amide bonds. The summed E-state index contributed by atoms with van der Waals surface area (Å²) in [5.41, 5.74) is 1.42. The Labute approximate surface area is 180 Å². The lowest BCUT2D eigenvalue weighted by Crippen LogP contribution is -2.49. The van der Waals surface area contributed by atoms with E-state index in [-0.39, 0.29) is 48.3 Å². The molecule has 0 saturated carbocycles. The van der Waals surface area contributed by atoms with E-state index in [1.165, 1.54) is 24.3 Å². The number of carbonyl (C=O) groups excluding carboxylic acids is 2. The molecule has 1 aliphatic heterocycles. The molecule has 0 unspecified atom stereocenters. The number of sulfonamides is 2. The van der Waals surface area contributed by atoms with E-state index in [1.54, 1.807) is 24.3 Å². The van der Waals surface area contributed by atoms with Gasteiger partial charge in [-0.3, -0.25) is 9.59 Å². The van der Waals surface area contributed by atoms with Crippen molar-refractivity contribution in [3.63, 3.8) is 0 Å². The number of hydrogen-bond acceptors (Lipinski definition) is 6. The zero-order valence-corrected chi connectivity index (χ0v) is 18.1. The molecular weight excluding hydrogens is 444 g/mol. The van der Waals surface area contributed by atoms with Gasteiger partial charge < -0.3 is 10.6 Å². The Kier molecular flexibility index (Phi) is 6.74. The second-order valence-electron chi connectivity index (χ2n) is 7.02. The fraction of sp³-hybridized carbons (Fsp3) is 0.263. The molecule has 1 heterocycles. The highest BCUT2D eigenvalue weighted by Gasteiger charge is 2.29. The molecule has 0 bridgehead atoms. The van der Waals surface area contributed by atoms with Crippen LogP contribution in [0.4, 0.5) is 0 Å². The van der Waals surface area contributed by atoms with Gasteiger partial charge in [-0.05, 0) is 29.3 Å². The summed E-state index contributed by atoms with van der Waals surface area (Å²) in [5, 5.41) is 10.3. The van der Waals surface area contributed by atoms with E-state index in [1.807, 2.05) is 0 Å². The van der Waals surface area contributed by atoms with Gasteiger partial charge >= 0.3 is 0 Å². The van der Waals surface area contributed by atoms with E-state index in [2.05, 4.69) is 10.6 Å². The Morgan fingerprint density at radius 2 is 1.74 bits per heavy atom. The second-order valence-corrected chi connectivity index (χ2v) is 10.6. The van der Waals surface area contributed by atoms with Crippen LogP contribution >= 0.6 is 0 Å². The Morgan fingerprint density at radius 3 is 2.39 bits per heavy atom. The molecule has 2 aromatic carbocycles. The smallest absolute Gasteiger partial charge is 0.251 e. The number of rotatable bonds is 7. The molecule has 0 atom stereocenters. The number of primary sulfonamides is 1. The van der Waals surface area contributed by atoms with Crippen molar-refractivity contribution in [1.29, 1.82) is 0 Å². The molecule has 0 spiro atoms. The van der Waals surface area contributed by atoms with Gasteiger partial charge in [0.15, 0.2) is 0 Å². The van der Waals surface area contributed by atoms with E-state index >= 15 is 0 Å².